The number of halogens is 1. The van der Waals surface area contributed by atoms with Crippen molar-refractivity contribution in [1.82, 2.24) is 30.2 Å². The first kappa shape index (κ1) is 19.5. The van der Waals surface area contributed by atoms with Gasteiger partial charge in [0.1, 0.15) is 17.3 Å². The second kappa shape index (κ2) is 7.75. The SMILES string of the molecule is O=C(NCc1ncccc1F)c1csc(C2[C@H]3CN(Cc4nc5ccccc5[nH]4)C[C@@H]23)n1. The number of carbonyl (C=O) groups excluding carboxylic acids is 1. The molecule has 2 aliphatic rings. The van der Waals surface area contributed by atoms with Crippen molar-refractivity contribution in [2.24, 2.45) is 11.8 Å². The molecule has 0 radical (unpaired) electrons. The van der Waals surface area contributed by atoms with Crippen molar-refractivity contribution in [3.8, 4) is 0 Å². The van der Waals surface area contributed by atoms with Crippen LogP contribution in [-0.2, 0) is 13.1 Å². The van der Waals surface area contributed by atoms with Gasteiger partial charge in [0.2, 0.25) is 0 Å². The number of nitrogens with zero attached hydrogens (tertiary/aromatic N) is 4. The van der Waals surface area contributed by atoms with E-state index in [-0.39, 0.29) is 18.1 Å². The number of likely N-dealkylation sites (tertiary alicyclic amines) is 1. The van der Waals surface area contributed by atoms with Gasteiger partial charge < -0.3 is 10.3 Å². The summed E-state index contributed by atoms with van der Waals surface area (Å²) in [6, 6.07) is 10.9. The molecule has 7 nitrogen and oxygen atoms in total. The third kappa shape index (κ3) is 3.57. The lowest BCUT2D eigenvalue weighted by molar-refractivity contribution is 0.0945. The first-order chi connectivity index (χ1) is 15.7. The number of aromatic nitrogens is 4. The van der Waals surface area contributed by atoms with E-state index in [2.05, 4.69) is 30.2 Å². The molecule has 0 spiro atoms. The van der Waals surface area contributed by atoms with Gasteiger partial charge in [-0.15, -0.1) is 11.3 Å². The lowest BCUT2D eigenvalue weighted by Gasteiger charge is -2.17. The topological polar surface area (TPSA) is 86.8 Å². The molecule has 0 bridgehead atoms. The summed E-state index contributed by atoms with van der Waals surface area (Å²) >= 11 is 1.54. The fraction of sp³-hybridized carbons (Fsp3) is 0.304. The van der Waals surface area contributed by atoms with Crippen molar-refractivity contribution in [1.29, 1.82) is 0 Å². The number of H-pyrrole nitrogens is 1. The fourth-order valence-corrected chi connectivity index (χ4v) is 5.80. The number of amides is 1. The number of aromatic amines is 1. The van der Waals surface area contributed by atoms with E-state index in [1.807, 2.05) is 24.3 Å². The summed E-state index contributed by atoms with van der Waals surface area (Å²) in [6.07, 6.45) is 1.51. The molecule has 2 fully saturated rings. The van der Waals surface area contributed by atoms with Gasteiger partial charge in [-0.05, 0) is 36.1 Å². The van der Waals surface area contributed by atoms with Crippen LogP contribution in [0.5, 0.6) is 0 Å². The summed E-state index contributed by atoms with van der Waals surface area (Å²) in [4.78, 5) is 31.5. The number of pyridine rings is 1. The smallest absolute Gasteiger partial charge is 0.271 e. The summed E-state index contributed by atoms with van der Waals surface area (Å²) in [6.45, 7) is 2.91. The van der Waals surface area contributed by atoms with Crippen LogP contribution in [0.15, 0.2) is 48.0 Å². The van der Waals surface area contributed by atoms with Crippen LogP contribution < -0.4 is 5.32 Å². The number of rotatable bonds is 6. The van der Waals surface area contributed by atoms with Gasteiger partial charge >= 0.3 is 0 Å². The van der Waals surface area contributed by atoms with Gasteiger partial charge in [0.05, 0.1) is 34.8 Å². The third-order valence-electron chi connectivity index (χ3n) is 6.37. The van der Waals surface area contributed by atoms with E-state index in [4.69, 9.17) is 0 Å². The number of nitrogens with one attached hydrogen (secondary N) is 2. The lowest BCUT2D eigenvalue weighted by atomic mass is 10.2. The van der Waals surface area contributed by atoms with Crippen LogP contribution in [0.1, 0.15) is 32.9 Å². The van der Waals surface area contributed by atoms with Crippen molar-refractivity contribution in [3.63, 3.8) is 0 Å². The Morgan fingerprint density at radius 1 is 1.19 bits per heavy atom. The molecular weight excluding hydrogens is 427 g/mol. The highest BCUT2D eigenvalue weighted by Gasteiger charge is 2.57. The van der Waals surface area contributed by atoms with Gasteiger partial charge in [0.25, 0.3) is 5.91 Å². The second-order valence-electron chi connectivity index (χ2n) is 8.43. The first-order valence-electron chi connectivity index (χ1n) is 10.6. The van der Waals surface area contributed by atoms with E-state index in [0.29, 0.717) is 23.4 Å². The number of hydrogen-bond donors (Lipinski definition) is 2. The standard InChI is InChI=1S/C23H21FN6OS/c24-15-4-3-7-25-18(15)8-26-22(31)19-12-32-23(29-19)21-13-9-30(10-14(13)21)11-20-27-16-5-1-2-6-17(16)28-20/h1-7,12-14,21H,8-11H2,(H,26,31)(H,27,28)/t13-,14+,21?. The fourth-order valence-electron chi connectivity index (χ4n) is 4.75. The summed E-state index contributed by atoms with van der Waals surface area (Å²) in [5.74, 6) is 1.89. The molecule has 162 valence electrons. The Balaban J connectivity index is 1.04. The molecule has 1 aliphatic heterocycles. The minimum Gasteiger partial charge on any atom is -0.345 e. The minimum absolute atomic E-state index is 0.0454. The van der Waals surface area contributed by atoms with Crippen molar-refractivity contribution < 1.29 is 9.18 Å². The molecule has 4 heterocycles. The van der Waals surface area contributed by atoms with Crippen LogP contribution in [-0.4, -0.2) is 43.8 Å². The maximum atomic E-state index is 13.7. The molecule has 3 atom stereocenters. The Morgan fingerprint density at radius 2 is 2.03 bits per heavy atom. The third-order valence-corrected chi connectivity index (χ3v) is 7.32. The molecule has 1 saturated heterocycles. The molecule has 1 unspecified atom stereocenters. The van der Waals surface area contributed by atoms with Crippen LogP contribution in [0.3, 0.4) is 0 Å². The molecule has 2 N–H and O–H groups in total. The zero-order chi connectivity index (χ0) is 21.7. The second-order valence-corrected chi connectivity index (χ2v) is 9.32. The highest BCUT2D eigenvalue weighted by Crippen LogP contribution is 2.58. The van der Waals surface area contributed by atoms with Crippen LogP contribution in [0.2, 0.25) is 0 Å². The van der Waals surface area contributed by atoms with Crippen LogP contribution >= 0.6 is 11.3 Å². The number of fused-ring (bicyclic) bond motifs is 2. The normalized spacial score (nSPS) is 22.2. The maximum absolute atomic E-state index is 13.7. The Bertz CT molecular complexity index is 1260. The average molecular weight is 449 g/mol. The largest absolute Gasteiger partial charge is 0.345 e. The predicted molar refractivity (Wildman–Crippen MR) is 119 cm³/mol. The van der Waals surface area contributed by atoms with Crippen LogP contribution in [0.25, 0.3) is 11.0 Å². The summed E-state index contributed by atoms with van der Waals surface area (Å²) in [5, 5.41) is 5.53. The van der Waals surface area contributed by atoms with Gasteiger partial charge in [0, 0.05) is 30.6 Å². The van der Waals surface area contributed by atoms with E-state index in [1.54, 1.807) is 5.38 Å². The molecule has 4 aromatic rings. The quantitative estimate of drug-likeness (QED) is 0.473. The number of hydrogen-bond acceptors (Lipinski definition) is 6. The van der Waals surface area contributed by atoms with Crippen molar-refractivity contribution in [3.05, 3.63) is 76.0 Å². The zero-order valence-corrected chi connectivity index (χ0v) is 18.0. The number of para-hydroxylation sites is 2. The van der Waals surface area contributed by atoms with Crippen molar-refractivity contribution >= 4 is 28.3 Å². The molecule has 1 aromatic carbocycles. The number of benzene rings is 1. The van der Waals surface area contributed by atoms with E-state index < -0.39 is 5.82 Å². The zero-order valence-electron chi connectivity index (χ0n) is 17.2. The summed E-state index contributed by atoms with van der Waals surface area (Å²) in [5.41, 5.74) is 2.69. The van der Waals surface area contributed by atoms with Gasteiger partial charge in [-0.2, -0.15) is 0 Å². The minimum atomic E-state index is -0.426. The molecular formula is C23H21FN6OS. The first-order valence-corrected chi connectivity index (χ1v) is 11.5. The van der Waals surface area contributed by atoms with Gasteiger partial charge in [-0.1, -0.05) is 12.1 Å². The summed E-state index contributed by atoms with van der Waals surface area (Å²) < 4.78 is 13.7. The molecule has 1 amide bonds. The van der Waals surface area contributed by atoms with Gasteiger partial charge in [-0.3, -0.25) is 14.7 Å². The highest BCUT2D eigenvalue weighted by atomic mass is 32.1. The summed E-state index contributed by atoms with van der Waals surface area (Å²) in [7, 11) is 0. The Hall–Kier alpha value is -3.17. The molecule has 6 rings (SSSR count). The number of imidazole rings is 1. The predicted octanol–water partition coefficient (Wildman–Crippen LogP) is 3.33. The number of carbonyl (C=O) groups is 1. The van der Waals surface area contributed by atoms with E-state index >= 15 is 0 Å². The number of piperidine rings is 1. The van der Waals surface area contributed by atoms with E-state index in [0.717, 1.165) is 41.5 Å². The van der Waals surface area contributed by atoms with Crippen molar-refractivity contribution in [2.45, 2.75) is 19.0 Å². The Kier molecular flexibility index (Phi) is 4.73. The van der Waals surface area contributed by atoms with Crippen molar-refractivity contribution in [2.75, 3.05) is 13.1 Å². The van der Waals surface area contributed by atoms with E-state index in [9.17, 15) is 9.18 Å². The lowest BCUT2D eigenvalue weighted by Crippen LogP contribution is -2.25. The van der Waals surface area contributed by atoms with Crippen LogP contribution in [0, 0.1) is 17.7 Å². The molecule has 1 aliphatic carbocycles. The molecule has 1 saturated carbocycles. The molecule has 32 heavy (non-hydrogen) atoms. The van der Waals surface area contributed by atoms with Crippen LogP contribution in [0.4, 0.5) is 4.39 Å². The monoisotopic (exact) mass is 448 g/mol. The molecule has 3 aromatic heterocycles. The average Bonchev–Trinajstić information content (AvgIpc) is 3.24. The Labute approximate surface area is 187 Å². The Morgan fingerprint density at radius 3 is 2.84 bits per heavy atom. The van der Waals surface area contributed by atoms with Gasteiger partial charge in [-0.25, -0.2) is 14.4 Å². The highest BCUT2D eigenvalue weighted by molar-refractivity contribution is 7.10. The molecule has 9 heteroatoms. The van der Waals surface area contributed by atoms with Gasteiger partial charge in [0.15, 0.2) is 0 Å². The number of thiazole rings is 1. The maximum Gasteiger partial charge on any atom is 0.271 e. The van der Waals surface area contributed by atoms with E-state index in [1.165, 1.54) is 29.7 Å².